The van der Waals surface area contributed by atoms with Gasteiger partial charge >= 0.3 is 6.09 Å². The minimum absolute atomic E-state index is 0.207. The van der Waals surface area contributed by atoms with E-state index in [0.717, 1.165) is 10.0 Å². The van der Waals surface area contributed by atoms with Crippen molar-refractivity contribution < 1.29 is 14.3 Å². The number of aromatic nitrogens is 3. The number of ether oxygens (including phenoxy) is 1. The van der Waals surface area contributed by atoms with Crippen LogP contribution in [-0.4, -0.2) is 38.9 Å². The summed E-state index contributed by atoms with van der Waals surface area (Å²) in [4.78, 5) is 27.5. The molecule has 1 aromatic heterocycles. The summed E-state index contributed by atoms with van der Waals surface area (Å²) in [5, 5.41) is 9.51. The second kappa shape index (κ2) is 9.50. The molecule has 0 atom stereocenters. The Hall–Kier alpha value is -2.42. The third kappa shape index (κ3) is 8.21. The first-order chi connectivity index (χ1) is 12.7. The molecule has 0 aliphatic heterocycles. The van der Waals surface area contributed by atoms with E-state index >= 15 is 0 Å². The lowest BCUT2D eigenvalue weighted by molar-refractivity contribution is -0.116. The standard InChI is InChI=1S/C18H24BrN5O3/c1-18(2,3)27-17(26)20-9-5-8-15(25)22-16-21-12-24(23-16)11-13-6-4-7-14(19)10-13/h4,6-7,10,12H,5,8-9,11H2,1-3H3,(H,20,26)(H,22,23,25). The molecule has 146 valence electrons. The van der Waals surface area contributed by atoms with Gasteiger partial charge in [0.05, 0.1) is 6.54 Å². The summed E-state index contributed by atoms with van der Waals surface area (Å²) < 4.78 is 7.77. The van der Waals surface area contributed by atoms with Gasteiger partial charge in [-0.1, -0.05) is 28.1 Å². The van der Waals surface area contributed by atoms with Crippen LogP contribution in [0.2, 0.25) is 0 Å². The molecule has 0 aliphatic rings. The van der Waals surface area contributed by atoms with Crippen molar-refractivity contribution in [1.82, 2.24) is 20.1 Å². The van der Waals surface area contributed by atoms with Gasteiger partial charge in [0.15, 0.2) is 0 Å². The molecule has 8 nitrogen and oxygen atoms in total. The maximum Gasteiger partial charge on any atom is 0.407 e. The maximum atomic E-state index is 11.9. The third-order valence-electron chi connectivity index (χ3n) is 3.27. The van der Waals surface area contributed by atoms with Gasteiger partial charge in [0.1, 0.15) is 11.9 Å². The van der Waals surface area contributed by atoms with Gasteiger partial charge in [-0.2, -0.15) is 0 Å². The Labute approximate surface area is 166 Å². The van der Waals surface area contributed by atoms with Crippen molar-refractivity contribution in [3.05, 3.63) is 40.6 Å². The number of benzene rings is 1. The first-order valence-electron chi connectivity index (χ1n) is 8.62. The summed E-state index contributed by atoms with van der Waals surface area (Å²) >= 11 is 3.43. The van der Waals surface area contributed by atoms with Gasteiger partial charge in [-0.15, -0.1) is 5.10 Å². The Kier molecular flexibility index (Phi) is 7.35. The number of hydrogen-bond acceptors (Lipinski definition) is 5. The minimum Gasteiger partial charge on any atom is -0.444 e. The number of halogens is 1. The molecule has 0 saturated carbocycles. The predicted molar refractivity (Wildman–Crippen MR) is 105 cm³/mol. The van der Waals surface area contributed by atoms with Crippen LogP contribution in [0.5, 0.6) is 0 Å². The molecular formula is C18H24BrN5O3. The van der Waals surface area contributed by atoms with E-state index in [9.17, 15) is 9.59 Å². The Morgan fingerprint density at radius 1 is 1.30 bits per heavy atom. The maximum absolute atomic E-state index is 11.9. The van der Waals surface area contributed by atoms with Crippen molar-refractivity contribution in [3.63, 3.8) is 0 Å². The first-order valence-corrected chi connectivity index (χ1v) is 9.41. The lowest BCUT2D eigenvalue weighted by Crippen LogP contribution is -2.33. The lowest BCUT2D eigenvalue weighted by Gasteiger charge is -2.19. The highest BCUT2D eigenvalue weighted by atomic mass is 79.9. The van der Waals surface area contributed by atoms with Crippen LogP contribution in [0.25, 0.3) is 0 Å². The number of amides is 2. The van der Waals surface area contributed by atoms with E-state index in [1.54, 1.807) is 31.8 Å². The fraction of sp³-hybridized carbons (Fsp3) is 0.444. The summed E-state index contributed by atoms with van der Waals surface area (Å²) in [6.45, 7) is 6.30. The van der Waals surface area contributed by atoms with Gasteiger partial charge in [0, 0.05) is 17.4 Å². The molecule has 1 heterocycles. The van der Waals surface area contributed by atoms with Crippen LogP contribution in [0.3, 0.4) is 0 Å². The molecule has 0 fully saturated rings. The van der Waals surface area contributed by atoms with Gasteiger partial charge in [-0.05, 0) is 44.9 Å². The second-order valence-corrected chi connectivity index (χ2v) is 7.89. The molecule has 2 amide bonds. The summed E-state index contributed by atoms with van der Waals surface area (Å²) in [5.41, 5.74) is 0.530. The molecule has 0 spiro atoms. The molecule has 0 bridgehead atoms. The highest BCUT2D eigenvalue weighted by Crippen LogP contribution is 2.12. The van der Waals surface area contributed by atoms with Crippen molar-refractivity contribution in [2.24, 2.45) is 0 Å². The number of nitrogens with zero attached hydrogens (tertiary/aromatic N) is 3. The number of nitrogens with one attached hydrogen (secondary N) is 2. The van der Waals surface area contributed by atoms with Gasteiger partial charge in [0.25, 0.3) is 0 Å². The van der Waals surface area contributed by atoms with Gasteiger partial charge < -0.3 is 10.1 Å². The van der Waals surface area contributed by atoms with Crippen LogP contribution in [0.4, 0.5) is 10.7 Å². The first kappa shape index (κ1) is 20.9. The monoisotopic (exact) mass is 437 g/mol. The van der Waals surface area contributed by atoms with E-state index in [2.05, 4.69) is 36.6 Å². The van der Waals surface area contributed by atoms with Crippen LogP contribution in [-0.2, 0) is 16.1 Å². The molecule has 0 aliphatic carbocycles. The summed E-state index contributed by atoms with van der Waals surface area (Å²) in [5.74, 6) is 0.0521. The normalized spacial score (nSPS) is 11.1. The highest BCUT2D eigenvalue weighted by molar-refractivity contribution is 9.10. The summed E-state index contributed by atoms with van der Waals surface area (Å²) in [6.07, 6.45) is 1.82. The van der Waals surface area contributed by atoms with Crippen molar-refractivity contribution in [2.75, 3.05) is 11.9 Å². The zero-order valence-electron chi connectivity index (χ0n) is 15.7. The molecule has 9 heteroatoms. The fourth-order valence-electron chi connectivity index (χ4n) is 2.19. The van der Waals surface area contributed by atoms with Crippen LogP contribution < -0.4 is 10.6 Å². The quantitative estimate of drug-likeness (QED) is 0.647. The topological polar surface area (TPSA) is 98.1 Å². The summed E-state index contributed by atoms with van der Waals surface area (Å²) in [6, 6.07) is 7.89. The molecule has 27 heavy (non-hydrogen) atoms. The SMILES string of the molecule is CC(C)(C)OC(=O)NCCCC(=O)Nc1ncn(Cc2cccc(Br)c2)n1. The smallest absolute Gasteiger partial charge is 0.407 e. The molecule has 0 saturated heterocycles. The second-order valence-electron chi connectivity index (χ2n) is 6.98. The number of carbonyl (C=O) groups is 2. The van der Waals surface area contributed by atoms with E-state index < -0.39 is 11.7 Å². The van der Waals surface area contributed by atoms with E-state index in [4.69, 9.17) is 4.74 Å². The van der Waals surface area contributed by atoms with Gasteiger partial charge in [-0.25, -0.2) is 14.5 Å². The van der Waals surface area contributed by atoms with Crippen LogP contribution >= 0.6 is 15.9 Å². The van der Waals surface area contributed by atoms with E-state index in [1.165, 1.54) is 0 Å². The number of carbonyl (C=O) groups excluding carboxylic acids is 2. The zero-order valence-corrected chi connectivity index (χ0v) is 17.2. The zero-order chi connectivity index (χ0) is 19.9. The molecule has 0 unspecified atom stereocenters. The van der Waals surface area contributed by atoms with Crippen LogP contribution in [0.1, 0.15) is 39.2 Å². The largest absolute Gasteiger partial charge is 0.444 e. The third-order valence-corrected chi connectivity index (χ3v) is 3.76. The van der Waals surface area contributed by atoms with E-state index in [-0.39, 0.29) is 18.3 Å². The van der Waals surface area contributed by atoms with E-state index in [1.807, 2.05) is 24.3 Å². The van der Waals surface area contributed by atoms with Crippen LogP contribution in [0.15, 0.2) is 35.1 Å². The van der Waals surface area contributed by atoms with E-state index in [0.29, 0.717) is 19.5 Å². The Morgan fingerprint density at radius 3 is 2.78 bits per heavy atom. The molecule has 1 aromatic carbocycles. The highest BCUT2D eigenvalue weighted by Gasteiger charge is 2.15. The molecule has 2 aromatic rings. The van der Waals surface area contributed by atoms with Crippen molar-refractivity contribution in [1.29, 1.82) is 0 Å². The van der Waals surface area contributed by atoms with Crippen LogP contribution in [0, 0.1) is 0 Å². The van der Waals surface area contributed by atoms with Gasteiger partial charge in [0.2, 0.25) is 11.9 Å². The number of rotatable bonds is 7. The number of anilines is 1. The molecule has 2 N–H and O–H groups in total. The van der Waals surface area contributed by atoms with Crippen molar-refractivity contribution >= 4 is 33.9 Å². The molecule has 2 rings (SSSR count). The number of alkyl carbamates (subject to hydrolysis) is 1. The Bertz CT molecular complexity index is 785. The predicted octanol–water partition coefficient (Wildman–Crippen LogP) is 3.33. The Balaban J connectivity index is 1.70. The average molecular weight is 438 g/mol. The molecule has 0 radical (unpaired) electrons. The number of hydrogen-bond donors (Lipinski definition) is 2. The van der Waals surface area contributed by atoms with Crippen molar-refractivity contribution in [3.8, 4) is 0 Å². The lowest BCUT2D eigenvalue weighted by atomic mass is 10.2. The van der Waals surface area contributed by atoms with Crippen molar-refractivity contribution in [2.45, 2.75) is 45.8 Å². The average Bonchev–Trinajstić information content (AvgIpc) is 2.97. The minimum atomic E-state index is -0.540. The summed E-state index contributed by atoms with van der Waals surface area (Å²) in [7, 11) is 0. The molecular weight excluding hydrogens is 414 g/mol. The Morgan fingerprint density at radius 2 is 2.07 bits per heavy atom. The fourth-order valence-corrected chi connectivity index (χ4v) is 2.64. The van der Waals surface area contributed by atoms with Gasteiger partial charge in [-0.3, -0.25) is 10.1 Å².